The number of carbonyl (C=O) groups excluding carboxylic acids is 1. The van der Waals surface area contributed by atoms with Crippen LogP contribution < -0.4 is 5.32 Å². The molecule has 0 spiro atoms. The molecule has 1 saturated carbocycles. The predicted octanol–water partition coefficient (Wildman–Crippen LogP) is 1.10. The number of hydrogen-bond acceptors (Lipinski definition) is 7. The van der Waals surface area contributed by atoms with Crippen LogP contribution in [0.15, 0.2) is 10.6 Å². The number of amides is 1. The van der Waals surface area contributed by atoms with E-state index in [1.165, 1.54) is 0 Å². The number of hydrogen-bond donors (Lipinski definition) is 1. The van der Waals surface area contributed by atoms with E-state index in [0.717, 1.165) is 44.5 Å². The number of sulfonamides is 1. The maximum absolute atomic E-state index is 13.1. The molecule has 2 aliphatic heterocycles. The normalized spacial score (nSPS) is 26.7. The van der Waals surface area contributed by atoms with Crippen molar-refractivity contribution in [1.82, 2.24) is 24.6 Å². The maximum atomic E-state index is 13.1. The summed E-state index contributed by atoms with van der Waals surface area (Å²) in [4.78, 5) is 16.8. The fraction of sp³-hybridized carbons (Fsp3) is 0.810. The van der Waals surface area contributed by atoms with Crippen LogP contribution in [0.1, 0.15) is 60.7 Å². The van der Waals surface area contributed by atoms with Gasteiger partial charge in [-0.15, -0.1) is 0 Å². The summed E-state index contributed by atoms with van der Waals surface area (Å²) in [6, 6.07) is 1.66. The highest BCUT2D eigenvalue weighted by atomic mass is 32.2. The van der Waals surface area contributed by atoms with Crippen molar-refractivity contribution in [3.63, 3.8) is 0 Å². The summed E-state index contributed by atoms with van der Waals surface area (Å²) in [5, 5.41) is 6.98. The molecular formula is C21H35N5O4S. The Kier molecular flexibility index (Phi) is 6.71. The molecule has 174 valence electrons. The minimum atomic E-state index is -3.32. The molecule has 1 N–H and O–H groups in total. The van der Waals surface area contributed by atoms with E-state index in [0.29, 0.717) is 31.0 Å². The zero-order valence-electron chi connectivity index (χ0n) is 18.8. The predicted molar refractivity (Wildman–Crippen MR) is 117 cm³/mol. The molecule has 0 aromatic carbocycles. The summed E-state index contributed by atoms with van der Waals surface area (Å²) in [6.45, 7) is 2.27. The number of aromatic nitrogens is 1. The molecular weight excluding hydrogens is 418 g/mol. The van der Waals surface area contributed by atoms with Crippen molar-refractivity contribution in [2.75, 3.05) is 46.5 Å². The van der Waals surface area contributed by atoms with Crippen LogP contribution in [0.4, 0.5) is 0 Å². The Balaban J connectivity index is 1.30. The number of nitrogens with zero attached hydrogens (tertiary/aromatic N) is 4. The first kappa shape index (κ1) is 22.7. The van der Waals surface area contributed by atoms with Crippen molar-refractivity contribution < 1.29 is 17.7 Å². The van der Waals surface area contributed by atoms with Crippen molar-refractivity contribution in [3.05, 3.63) is 17.5 Å². The Morgan fingerprint density at radius 2 is 1.81 bits per heavy atom. The standard InChI is InChI=1S/C21H35N5O4S/c1-24(2)8-9-25(3)10-11-31(28,29)26-17-6-7-18(26)13-16(12-17)22-21(27)19-14-20(30-23-19)15-4-5-15/h14-18H,4-13H2,1-3H3,(H,22,27)/t16-,17+,18-. The van der Waals surface area contributed by atoms with Crippen molar-refractivity contribution in [2.24, 2.45) is 0 Å². The molecule has 2 saturated heterocycles. The highest BCUT2D eigenvalue weighted by molar-refractivity contribution is 7.89. The lowest BCUT2D eigenvalue weighted by Gasteiger charge is -2.38. The van der Waals surface area contributed by atoms with Gasteiger partial charge >= 0.3 is 0 Å². The summed E-state index contributed by atoms with van der Waals surface area (Å²) < 4.78 is 33.2. The van der Waals surface area contributed by atoms with Gasteiger partial charge in [0, 0.05) is 49.7 Å². The largest absolute Gasteiger partial charge is 0.360 e. The summed E-state index contributed by atoms with van der Waals surface area (Å²) in [7, 11) is 2.68. The van der Waals surface area contributed by atoms with Crippen molar-refractivity contribution in [1.29, 1.82) is 0 Å². The quantitative estimate of drug-likeness (QED) is 0.566. The lowest BCUT2D eigenvalue weighted by molar-refractivity contribution is 0.0900. The van der Waals surface area contributed by atoms with Crippen LogP contribution >= 0.6 is 0 Å². The lowest BCUT2D eigenvalue weighted by atomic mass is 9.99. The average molecular weight is 454 g/mol. The molecule has 3 heterocycles. The second kappa shape index (κ2) is 9.17. The fourth-order valence-electron chi connectivity index (χ4n) is 4.78. The average Bonchev–Trinajstić information content (AvgIpc) is 3.37. The molecule has 0 radical (unpaired) electrons. The minimum absolute atomic E-state index is 0.0273. The molecule has 1 aromatic heterocycles. The van der Waals surface area contributed by atoms with E-state index in [1.807, 2.05) is 21.1 Å². The first-order valence-electron chi connectivity index (χ1n) is 11.3. The van der Waals surface area contributed by atoms with Gasteiger partial charge in [-0.05, 0) is 59.7 Å². The van der Waals surface area contributed by atoms with Gasteiger partial charge < -0.3 is 19.6 Å². The Morgan fingerprint density at radius 1 is 1.13 bits per heavy atom. The summed E-state index contributed by atoms with van der Waals surface area (Å²) in [5.41, 5.74) is 0.324. The molecule has 3 fully saturated rings. The molecule has 31 heavy (non-hydrogen) atoms. The number of fused-ring (bicyclic) bond motifs is 2. The third-order valence-electron chi connectivity index (χ3n) is 6.72. The van der Waals surface area contributed by atoms with Gasteiger partial charge in [0.2, 0.25) is 10.0 Å². The first-order chi connectivity index (χ1) is 14.7. The van der Waals surface area contributed by atoms with E-state index in [-0.39, 0.29) is 29.8 Å². The topological polar surface area (TPSA) is 99.0 Å². The second-order valence-electron chi connectivity index (χ2n) is 9.67. The van der Waals surface area contributed by atoms with E-state index in [2.05, 4.69) is 20.3 Å². The minimum Gasteiger partial charge on any atom is -0.360 e. The molecule has 2 bridgehead atoms. The highest BCUT2D eigenvalue weighted by Crippen LogP contribution is 2.40. The zero-order chi connectivity index (χ0) is 22.2. The van der Waals surface area contributed by atoms with Gasteiger partial charge in [-0.1, -0.05) is 5.16 Å². The highest BCUT2D eigenvalue weighted by Gasteiger charge is 2.46. The van der Waals surface area contributed by atoms with E-state index in [9.17, 15) is 13.2 Å². The van der Waals surface area contributed by atoms with Gasteiger partial charge in [0.05, 0.1) is 5.75 Å². The number of piperidine rings is 1. The number of carbonyl (C=O) groups is 1. The lowest BCUT2D eigenvalue weighted by Crippen LogP contribution is -2.53. The van der Waals surface area contributed by atoms with Gasteiger partial charge in [-0.25, -0.2) is 8.42 Å². The molecule has 9 nitrogen and oxygen atoms in total. The molecule has 3 aliphatic rings. The van der Waals surface area contributed by atoms with Crippen LogP contribution in [0.5, 0.6) is 0 Å². The van der Waals surface area contributed by atoms with Crippen LogP contribution in [0.3, 0.4) is 0 Å². The Morgan fingerprint density at radius 3 is 2.42 bits per heavy atom. The molecule has 3 atom stereocenters. The Bertz CT molecular complexity index is 868. The zero-order valence-corrected chi connectivity index (χ0v) is 19.6. The Labute approximate surface area is 185 Å². The second-order valence-corrected chi connectivity index (χ2v) is 11.7. The summed E-state index contributed by atoms with van der Waals surface area (Å²) >= 11 is 0. The van der Waals surface area contributed by atoms with Gasteiger partial charge in [0.25, 0.3) is 5.91 Å². The van der Waals surface area contributed by atoms with Gasteiger partial charge in [0.15, 0.2) is 5.69 Å². The van der Waals surface area contributed by atoms with Crippen LogP contribution in [0.2, 0.25) is 0 Å². The summed E-state index contributed by atoms with van der Waals surface area (Å²) in [6.07, 6.45) is 5.23. The van der Waals surface area contributed by atoms with Gasteiger partial charge in [-0.2, -0.15) is 4.31 Å². The van der Waals surface area contributed by atoms with Gasteiger partial charge in [-0.3, -0.25) is 4.79 Å². The van der Waals surface area contributed by atoms with E-state index in [4.69, 9.17) is 4.52 Å². The SMILES string of the molecule is CN(C)CCN(C)CCS(=O)(=O)N1[C@@H]2CC[C@H]1C[C@@H](NC(=O)c1cc(C3CC3)on1)C2. The van der Waals surface area contributed by atoms with Crippen molar-refractivity contribution in [3.8, 4) is 0 Å². The monoisotopic (exact) mass is 453 g/mol. The molecule has 1 aliphatic carbocycles. The van der Waals surface area contributed by atoms with Crippen LogP contribution in [0.25, 0.3) is 0 Å². The molecule has 1 amide bonds. The van der Waals surface area contributed by atoms with E-state index < -0.39 is 10.0 Å². The van der Waals surface area contributed by atoms with Gasteiger partial charge in [0.1, 0.15) is 5.76 Å². The molecule has 0 unspecified atom stereocenters. The van der Waals surface area contributed by atoms with Crippen molar-refractivity contribution >= 4 is 15.9 Å². The van der Waals surface area contributed by atoms with Crippen LogP contribution in [-0.4, -0.2) is 98.2 Å². The maximum Gasteiger partial charge on any atom is 0.273 e. The molecule has 4 rings (SSSR count). The molecule has 10 heteroatoms. The smallest absolute Gasteiger partial charge is 0.273 e. The van der Waals surface area contributed by atoms with E-state index >= 15 is 0 Å². The summed E-state index contributed by atoms with van der Waals surface area (Å²) in [5.74, 6) is 1.13. The number of likely N-dealkylation sites (N-methyl/N-ethyl adjacent to an activating group) is 2. The van der Waals surface area contributed by atoms with E-state index in [1.54, 1.807) is 10.4 Å². The fourth-order valence-corrected chi connectivity index (χ4v) is 6.83. The third-order valence-corrected chi connectivity index (χ3v) is 8.66. The third kappa shape index (κ3) is 5.47. The van der Waals surface area contributed by atoms with Crippen molar-refractivity contribution in [2.45, 2.75) is 62.6 Å². The molecule has 1 aromatic rings. The number of nitrogens with one attached hydrogen (secondary N) is 1. The Hall–Kier alpha value is -1.49. The van der Waals surface area contributed by atoms with Crippen LogP contribution in [-0.2, 0) is 10.0 Å². The van der Waals surface area contributed by atoms with Crippen LogP contribution in [0, 0.1) is 0 Å². The number of rotatable bonds is 10. The first-order valence-corrected chi connectivity index (χ1v) is 13.0.